The molecule has 1 aliphatic rings. The van der Waals surface area contributed by atoms with Gasteiger partial charge in [-0.3, -0.25) is 0 Å². The van der Waals surface area contributed by atoms with Gasteiger partial charge in [-0.15, -0.1) is 0 Å². The molecule has 0 radical (unpaired) electrons. The highest BCUT2D eigenvalue weighted by molar-refractivity contribution is 5.39. The van der Waals surface area contributed by atoms with Crippen molar-refractivity contribution in [2.75, 3.05) is 6.54 Å². The Balaban J connectivity index is 1.94. The van der Waals surface area contributed by atoms with E-state index in [2.05, 4.69) is 36.5 Å². The summed E-state index contributed by atoms with van der Waals surface area (Å²) in [5.41, 5.74) is 5.72. The van der Waals surface area contributed by atoms with E-state index in [1.165, 1.54) is 36.8 Å². The lowest BCUT2D eigenvalue weighted by molar-refractivity contribution is 0.517. The standard InChI is InChI=1S/C19H25NO/c1-3-11-20-19(18-10-12-21-14(18)2)17-9-8-15-6-4-5-7-16(15)13-17/h8-10,12-13,19-20H,3-7,11H2,1-2H3. The summed E-state index contributed by atoms with van der Waals surface area (Å²) >= 11 is 0. The van der Waals surface area contributed by atoms with Gasteiger partial charge in [-0.05, 0) is 68.3 Å². The molecular weight excluding hydrogens is 258 g/mol. The minimum absolute atomic E-state index is 0.246. The van der Waals surface area contributed by atoms with Crippen LogP contribution in [0.4, 0.5) is 0 Å². The first-order valence-corrected chi connectivity index (χ1v) is 8.18. The van der Waals surface area contributed by atoms with Gasteiger partial charge in [-0.2, -0.15) is 0 Å². The summed E-state index contributed by atoms with van der Waals surface area (Å²) in [6.45, 7) is 5.28. The number of aryl methyl sites for hydroxylation is 3. The van der Waals surface area contributed by atoms with Crippen molar-refractivity contribution in [1.29, 1.82) is 0 Å². The van der Waals surface area contributed by atoms with Crippen LogP contribution in [-0.2, 0) is 12.8 Å². The van der Waals surface area contributed by atoms with Crippen molar-refractivity contribution < 1.29 is 4.42 Å². The van der Waals surface area contributed by atoms with Crippen LogP contribution < -0.4 is 5.32 Å². The maximum atomic E-state index is 5.52. The second-order valence-corrected chi connectivity index (χ2v) is 6.05. The van der Waals surface area contributed by atoms with Gasteiger partial charge < -0.3 is 9.73 Å². The van der Waals surface area contributed by atoms with Crippen molar-refractivity contribution in [3.05, 3.63) is 58.5 Å². The molecule has 1 aliphatic carbocycles. The first-order chi connectivity index (χ1) is 10.3. The normalized spacial score (nSPS) is 15.7. The molecule has 2 aromatic rings. The molecule has 0 spiro atoms. The predicted molar refractivity (Wildman–Crippen MR) is 86.7 cm³/mol. The van der Waals surface area contributed by atoms with Gasteiger partial charge in [-0.1, -0.05) is 25.1 Å². The lowest BCUT2D eigenvalue weighted by Crippen LogP contribution is -2.23. The van der Waals surface area contributed by atoms with Crippen LogP contribution in [0.25, 0.3) is 0 Å². The zero-order valence-corrected chi connectivity index (χ0v) is 13.1. The van der Waals surface area contributed by atoms with E-state index in [1.54, 1.807) is 17.4 Å². The lowest BCUT2D eigenvalue weighted by Gasteiger charge is -2.22. The Kier molecular flexibility index (Phi) is 4.45. The quantitative estimate of drug-likeness (QED) is 0.870. The van der Waals surface area contributed by atoms with Crippen LogP contribution in [0.5, 0.6) is 0 Å². The maximum absolute atomic E-state index is 5.52. The molecule has 1 aromatic carbocycles. The van der Waals surface area contributed by atoms with Gasteiger partial charge in [0.2, 0.25) is 0 Å². The van der Waals surface area contributed by atoms with Crippen molar-refractivity contribution >= 4 is 0 Å². The number of nitrogens with one attached hydrogen (secondary N) is 1. The molecule has 1 aromatic heterocycles. The van der Waals surface area contributed by atoms with Crippen LogP contribution in [0.15, 0.2) is 34.9 Å². The molecule has 0 fully saturated rings. The summed E-state index contributed by atoms with van der Waals surface area (Å²) in [5.74, 6) is 1.02. The summed E-state index contributed by atoms with van der Waals surface area (Å²) < 4.78 is 5.52. The minimum atomic E-state index is 0.246. The Hall–Kier alpha value is -1.54. The Morgan fingerprint density at radius 1 is 1.14 bits per heavy atom. The van der Waals surface area contributed by atoms with Gasteiger partial charge in [0.05, 0.1) is 12.3 Å². The highest BCUT2D eigenvalue weighted by atomic mass is 16.3. The van der Waals surface area contributed by atoms with Crippen molar-refractivity contribution in [1.82, 2.24) is 5.32 Å². The molecule has 1 unspecified atom stereocenters. The zero-order valence-electron chi connectivity index (χ0n) is 13.1. The third kappa shape index (κ3) is 3.06. The van der Waals surface area contributed by atoms with Crippen LogP contribution in [0.1, 0.15) is 60.2 Å². The van der Waals surface area contributed by atoms with E-state index in [1.807, 2.05) is 6.92 Å². The van der Waals surface area contributed by atoms with Crippen LogP contribution in [0.3, 0.4) is 0 Å². The van der Waals surface area contributed by atoms with E-state index < -0.39 is 0 Å². The number of benzene rings is 1. The van der Waals surface area contributed by atoms with Crippen LogP contribution in [-0.4, -0.2) is 6.54 Å². The monoisotopic (exact) mass is 283 g/mol. The number of hydrogen-bond acceptors (Lipinski definition) is 2. The third-order valence-electron chi connectivity index (χ3n) is 4.51. The molecule has 2 heteroatoms. The molecule has 1 N–H and O–H groups in total. The minimum Gasteiger partial charge on any atom is -0.469 e. The van der Waals surface area contributed by atoms with E-state index in [0.717, 1.165) is 18.7 Å². The summed E-state index contributed by atoms with van der Waals surface area (Å²) in [6.07, 6.45) is 8.07. The van der Waals surface area contributed by atoms with Gasteiger partial charge in [0, 0.05) is 5.56 Å². The summed E-state index contributed by atoms with van der Waals surface area (Å²) in [6, 6.07) is 9.39. The summed E-state index contributed by atoms with van der Waals surface area (Å²) in [7, 11) is 0. The molecule has 2 nitrogen and oxygen atoms in total. The molecule has 0 bridgehead atoms. The smallest absolute Gasteiger partial charge is 0.105 e. The van der Waals surface area contributed by atoms with Gasteiger partial charge in [0.1, 0.15) is 5.76 Å². The SMILES string of the molecule is CCCNC(c1ccc2c(c1)CCCC2)c1ccoc1C. The third-order valence-corrected chi connectivity index (χ3v) is 4.51. The Morgan fingerprint density at radius 3 is 2.67 bits per heavy atom. The molecule has 0 saturated heterocycles. The van der Waals surface area contributed by atoms with Gasteiger partial charge in [0.15, 0.2) is 0 Å². The average molecular weight is 283 g/mol. The lowest BCUT2D eigenvalue weighted by atomic mass is 9.88. The van der Waals surface area contributed by atoms with E-state index in [4.69, 9.17) is 4.42 Å². The van der Waals surface area contributed by atoms with Gasteiger partial charge >= 0.3 is 0 Å². The van der Waals surface area contributed by atoms with E-state index in [-0.39, 0.29) is 6.04 Å². The average Bonchev–Trinajstić information content (AvgIpc) is 2.94. The predicted octanol–water partition coefficient (Wildman–Crippen LogP) is 4.56. The fraction of sp³-hybridized carbons (Fsp3) is 0.474. The molecule has 1 heterocycles. The Morgan fingerprint density at radius 2 is 1.95 bits per heavy atom. The van der Waals surface area contributed by atoms with Crippen molar-refractivity contribution in [3.8, 4) is 0 Å². The molecule has 1 atom stereocenters. The Labute approximate surface area is 127 Å². The first kappa shape index (κ1) is 14.4. The molecule has 0 amide bonds. The molecule has 3 rings (SSSR count). The van der Waals surface area contributed by atoms with Crippen LogP contribution >= 0.6 is 0 Å². The number of rotatable bonds is 5. The second kappa shape index (κ2) is 6.48. The van der Waals surface area contributed by atoms with Crippen molar-refractivity contribution in [2.24, 2.45) is 0 Å². The van der Waals surface area contributed by atoms with E-state index in [9.17, 15) is 0 Å². The highest BCUT2D eigenvalue weighted by Crippen LogP contribution is 2.29. The molecule has 112 valence electrons. The molecule has 21 heavy (non-hydrogen) atoms. The van der Waals surface area contributed by atoms with E-state index >= 15 is 0 Å². The largest absolute Gasteiger partial charge is 0.469 e. The fourth-order valence-electron chi connectivity index (χ4n) is 3.32. The first-order valence-electron chi connectivity index (χ1n) is 8.18. The van der Waals surface area contributed by atoms with Crippen LogP contribution in [0, 0.1) is 6.92 Å². The Bertz CT molecular complexity index is 599. The molecule has 0 saturated carbocycles. The topological polar surface area (TPSA) is 25.2 Å². The zero-order chi connectivity index (χ0) is 14.7. The maximum Gasteiger partial charge on any atom is 0.105 e. The van der Waals surface area contributed by atoms with Crippen molar-refractivity contribution in [3.63, 3.8) is 0 Å². The number of fused-ring (bicyclic) bond motifs is 1. The molecular formula is C19H25NO. The number of hydrogen-bond donors (Lipinski definition) is 1. The van der Waals surface area contributed by atoms with Crippen molar-refractivity contribution in [2.45, 2.75) is 52.0 Å². The summed E-state index contributed by atoms with van der Waals surface area (Å²) in [4.78, 5) is 0. The van der Waals surface area contributed by atoms with Gasteiger partial charge in [0.25, 0.3) is 0 Å². The highest BCUT2D eigenvalue weighted by Gasteiger charge is 2.19. The fourth-order valence-corrected chi connectivity index (χ4v) is 3.32. The van der Waals surface area contributed by atoms with E-state index in [0.29, 0.717) is 0 Å². The molecule has 0 aliphatic heterocycles. The second-order valence-electron chi connectivity index (χ2n) is 6.05. The van der Waals surface area contributed by atoms with Gasteiger partial charge in [-0.25, -0.2) is 0 Å². The van der Waals surface area contributed by atoms with Crippen LogP contribution in [0.2, 0.25) is 0 Å². The number of furan rings is 1. The summed E-state index contributed by atoms with van der Waals surface area (Å²) in [5, 5.41) is 3.68.